The fraction of sp³-hybridized carbons (Fsp3) is 0.438. The van der Waals surface area contributed by atoms with E-state index in [4.69, 9.17) is 4.52 Å². The van der Waals surface area contributed by atoms with Crippen molar-refractivity contribution in [3.05, 3.63) is 36.2 Å². The van der Waals surface area contributed by atoms with Gasteiger partial charge >= 0.3 is 6.03 Å². The van der Waals surface area contributed by atoms with Gasteiger partial charge in [0.2, 0.25) is 0 Å². The molecule has 22 heavy (non-hydrogen) atoms. The molecule has 0 bridgehead atoms. The number of carbonyl (C=O) groups excluding carboxylic acids is 1. The van der Waals surface area contributed by atoms with Crippen molar-refractivity contribution >= 4 is 6.03 Å². The van der Waals surface area contributed by atoms with Crippen LogP contribution in [-0.2, 0) is 0 Å². The Morgan fingerprint density at radius 2 is 2.23 bits per heavy atom. The van der Waals surface area contributed by atoms with Crippen LogP contribution in [0.2, 0.25) is 0 Å². The smallest absolute Gasteiger partial charge is 0.317 e. The normalized spacial score (nSPS) is 17.7. The van der Waals surface area contributed by atoms with E-state index in [1.807, 2.05) is 42.2 Å². The molecule has 1 aromatic carbocycles. The lowest BCUT2D eigenvalue weighted by Gasteiger charge is -2.16. The molecular weight excluding hydrogens is 280 g/mol. The Morgan fingerprint density at radius 3 is 3.00 bits per heavy atom. The molecule has 1 aliphatic rings. The average Bonchev–Trinajstić information content (AvgIpc) is 3.22. The van der Waals surface area contributed by atoms with Crippen molar-refractivity contribution in [3.8, 4) is 11.5 Å². The molecular formula is C16H20N4O2. The van der Waals surface area contributed by atoms with Crippen LogP contribution in [-0.4, -0.2) is 40.7 Å². The molecule has 116 valence electrons. The summed E-state index contributed by atoms with van der Waals surface area (Å²) in [4.78, 5) is 18.3. The Bertz CT molecular complexity index is 626. The van der Waals surface area contributed by atoms with Gasteiger partial charge in [-0.15, -0.1) is 0 Å². The van der Waals surface area contributed by atoms with Gasteiger partial charge in [-0.3, -0.25) is 0 Å². The third-order valence-electron chi connectivity index (χ3n) is 3.83. The first-order valence-electron chi connectivity index (χ1n) is 7.69. The maximum Gasteiger partial charge on any atom is 0.317 e. The molecule has 3 rings (SSSR count). The maximum atomic E-state index is 12.0. The molecule has 1 fully saturated rings. The van der Waals surface area contributed by atoms with Crippen LogP contribution < -0.4 is 5.32 Å². The number of hydrogen-bond acceptors (Lipinski definition) is 4. The molecule has 0 aliphatic carbocycles. The van der Waals surface area contributed by atoms with Crippen molar-refractivity contribution in [3.63, 3.8) is 0 Å². The molecule has 1 unspecified atom stereocenters. The van der Waals surface area contributed by atoms with Crippen LogP contribution in [0.4, 0.5) is 4.79 Å². The summed E-state index contributed by atoms with van der Waals surface area (Å²) in [5.41, 5.74) is 0.914. The standard InChI is InChI=1S/C16H20N4O2/c1-2-9-17-16(21)20-10-8-13(11-20)14-18-15(22-19-14)12-6-4-3-5-7-12/h3-7,13H,2,8-11H2,1H3,(H,17,21). The van der Waals surface area contributed by atoms with Gasteiger partial charge in [-0.25, -0.2) is 4.79 Å². The number of likely N-dealkylation sites (tertiary alicyclic amines) is 1. The summed E-state index contributed by atoms with van der Waals surface area (Å²) in [5.74, 6) is 1.36. The predicted molar refractivity (Wildman–Crippen MR) is 82.4 cm³/mol. The van der Waals surface area contributed by atoms with E-state index in [0.717, 1.165) is 24.9 Å². The van der Waals surface area contributed by atoms with Gasteiger partial charge in [-0.05, 0) is 25.0 Å². The zero-order chi connectivity index (χ0) is 15.4. The van der Waals surface area contributed by atoms with E-state index < -0.39 is 0 Å². The van der Waals surface area contributed by atoms with E-state index in [1.54, 1.807) is 0 Å². The summed E-state index contributed by atoms with van der Waals surface area (Å²) in [5, 5.41) is 6.99. The number of nitrogens with zero attached hydrogens (tertiary/aromatic N) is 3. The van der Waals surface area contributed by atoms with Crippen LogP contribution in [0, 0.1) is 0 Å². The summed E-state index contributed by atoms with van der Waals surface area (Å²) in [6.45, 7) is 4.12. The largest absolute Gasteiger partial charge is 0.338 e. The van der Waals surface area contributed by atoms with Gasteiger partial charge in [0.1, 0.15) is 0 Å². The molecule has 2 amide bonds. The zero-order valence-corrected chi connectivity index (χ0v) is 12.7. The maximum absolute atomic E-state index is 12.0. The first-order chi connectivity index (χ1) is 10.8. The third kappa shape index (κ3) is 3.10. The minimum Gasteiger partial charge on any atom is -0.338 e. The van der Waals surface area contributed by atoms with Crippen LogP contribution in [0.3, 0.4) is 0 Å². The Labute approximate surface area is 129 Å². The van der Waals surface area contributed by atoms with E-state index in [-0.39, 0.29) is 11.9 Å². The highest BCUT2D eigenvalue weighted by molar-refractivity contribution is 5.74. The van der Waals surface area contributed by atoms with E-state index in [0.29, 0.717) is 24.8 Å². The number of rotatable bonds is 4. The molecule has 1 atom stereocenters. The summed E-state index contributed by atoms with van der Waals surface area (Å²) in [7, 11) is 0. The summed E-state index contributed by atoms with van der Waals surface area (Å²) >= 11 is 0. The highest BCUT2D eigenvalue weighted by Crippen LogP contribution is 2.27. The highest BCUT2D eigenvalue weighted by Gasteiger charge is 2.30. The molecule has 1 saturated heterocycles. The van der Waals surface area contributed by atoms with Crippen molar-refractivity contribution in [2.24, 2.45) is 0 Å². The second kappa shape index (κ2) is 6.60. The SMILES string of the molecule is CCCNC(=O)N1CCC(c2noc(-c3ccccc3)n2)C1. The van der Waals surface area contributed by atoms with Crippen molar-refractivity contribution in [2.45, 2.75) is 25.7 Å². The predicted octanol–water partition coefficient (Wildman–Crippen LogP) is 2.65. The van der Waals surface area contributed by atoms with E-state index in [9.17, 15) is 4.79 Å². The van der Waals surface area contributed by atoms with Crippen molar-refractivity contribution < 1.29 is 9.32 Å². The first-order valence-corrected chi connectivity index (χ1v) is 7.69. The van der Waals surface area contributed by atoms with Crippen molar-refractivity contribution in [1.29, 1.82) is 0 Å². The second-order valence-corrected chi connectivity index (χ2v) is 5.49. The van der Waals surface area contributed by atoms with Crippen molar-refractivity contribution in [1.82, 2.24) is 20.4 Å². The molecule has 1 aliphatic heterocycles. The van der Waals surface area contributed by atoms with Gasteiger partial charge in [0, 0.05) is 31.1 Å². The fourth-order valence-corrected chi connectivity index (χ4v) is 2.60. The molecule has 0 saturated carbocycles. The van der Waals surface area contributed by atoms with Gasteiger partial charge in [0.25, 0.3) is 5.89 Å². The van der Waals surface area contributed by atoms with E-state index in [1.165, 1.54) is 0 Å². The number of aromatic nitrogens is 2. The van der Waals surface area contributed by atoms with Gasteiger partial charge in [-0.2, -0.15) is 4.98 Å². The second-order valence-electron chi connectivity index (χ2n) is 5.49. The monoisotopic (exact) mass is 300 g/mol. The third-order valence-corrected chi connectivity index (χ3v) is 3.83. The van der Waals surface area contributed by atoms with Crippen molar-refractivity contribution in [2.75, 3.05) is 19.6 Å². The molecule has 1 N–H and O–H groups in total. The fourth-order valence-electron chi connectivity index (χ4n) is 2.60. The average molecular weight is 300 g/mol. The number of hydrogen-bond donors (Lipinski definition) is 1. The first kappa shape index (κ1) is 14.6. The summed E-state index contributed by atoms with van der Waals surface area (Å²) < 4.78 is 5.34. The minimum atomic E-state index is -0.00359. The van der Waals surface area contributed by atoms with Crippen LogP contribution in [0.5, 0.6) is 0 Å². The molecule has 1 aromatic heterocycles. The zero-order valence-electron chi connectivity index (χ0n) is 12.7. The Kier molecular flexibility index (Phi) is 4.37. The molecule has 2 aromatic rings. The lowest BCUT2D eigenvalue weighted by molar-refractivity contribution is 0.208. The number of carbonyl (C=O) groups is 1. The lowest BCUT2D eigenvalue weighted by Crippen LogP contribution is -2.38. The van der Waals surface area contributed by atoms with Crippen LogP contribution in [0.25, 0.3) is 11.5 Å². The Balaban J connectivity index is 1.64. The summed E-state index contributed by atoms with van der Waals surface area (Å²) in [6.07, 6.45) is 1.81. The number of benzene rings is 1. The topological polar surface area (TPSA) is 71.3 Å². The van der Waals surface area contributed by atoms with E-state index in [2.05, 4.69) is 15.5 Å². The number of nitrogens with one attached hydrogen (secondary N) is 1. The van der Waals surface area contributed by atoms with Crippen LogP contribution in [0.1, 0.15) is 31.5 Å². The summed E-state index contributed by atoms with van der Waals surface area (Å²) in [6, 6.07) is 9.71. The Hall–Kier alpha value is -2.37. The van der Waals surface area contributed by atoms with Crippen LogP contribution >= 0.6 is 0 Å². The lowest BCUT2D eigenvalue weighted by atomic mass is 10.1. The highest BCUT2D eigenvalue weighted by atomic mass is 16.5. The molecule has 2 heterocycles. The van der Waals surface area contributed by atoms with Gasteiger partial charge in [-0.1, -0.05) is 30.3 Å². The molecule has 0 spiro atoms. The Morgan fingerprint density at radius 1 is 1.41 bits per heavy atom. The quantitative estimate of drug-likeness (QED) is 0.942. The number of urea groups is 1. The molecule has 6 nitrogen and oxygen atoms in total. The van der Waals surface area contributed by atoms with Crippen LogP contribution in [0.15, 0.2) is 34.9 Å². The molecule has 6 heteroatoms. The number of amides is 2. The van der Waals surface area contributed by atoms with Gasteiger partial charge < -0.3 is 14.7 Å². The molecule has 0 radical (unpaired) electrons. The van der Waals surface area contributed by atoms with E-state index >= 15 is 0 Å². The minimum absolute atomic E-state index is 0.00359. The van der Waals surface area contributed by atoms with Gasteiger partial charge in [0.15, 0.2) is 5.82 Å². The van der Waals surface area contributed by atoms with Gasteiger partial charge in [0.05, 0.1) is 0 Å².